The monoisotopic (exact) mass is 219 g/mol. The highest BCUT2D eigenvalue weighted by Gasteiger charge is 2.02. The fourth-order valence-electron chi connectivity index (χ4n) is 2.18. The molecule has 0 aromatic heterocycles. The molecule has 0 amide bonds. The first kappa shape index (κ1) is 9.91. The van der Waals surface area contributed by atoms with E-state index in [1.807, 2.05) is 18.2 Å². The lowest BCUT2D eigenvalue weighted by molar-refractivity contribution is 1.64. The van der Waals surface area contributed by atoms with Crippen molar-refractivity contribution in [2.75, 3.05) is 5.73 Å². The Morgan fingerprint density at radius 1 is 0.706 bits per heavy atom. The van der Waals surface area contributed by atoms with Gasteiger partial charge in [-0.3, -0.25) is 0 Å². The third-order valence-electron chi connectivity index (χ3n) is 2.99. The van der Waals surface area contributed by atoms with Crippen LogP contribution in [0.15, 0.2) is 66.7 Å². The van der Waals surface area contributed by atoms with E-state index in [1.165, 1.54) is 21.9 Å². The van der Waals surface area contributed by atoms with Crippen LogP contribution < -0.4 is 5.73 Å². The summed E-state index contributed by atoms with van der Waals surface area (Å²) in [4.78, 5) is 0. The summed E-state index contributed by atoms with van der Waals surface area (Å²) < 4.78 is 0. The Bertz CT molecular complexity index is 666. The van der Waals surface area contributed by atoms with Gasteiger partial charge in [0.05, 0.1) is 0 Å². The van der Waals surface area contributed by atoms with E-state index in [-0.39, 0.29) is 0 Å². The van der Waals surface area contributed by atoms with Crippen LogP contribution in [-0.4, -0.2) is 0 Å². The van der Waals surface area contributed by atoms with E-state index in [2.05, 4.69) is 48.5 Å². The topological polar surface area (TPSA) is 26.0 Å². The van der Waals surface area contributed by atoms with Gasteiger partial charge in [0.2, 0.25) is 0 Å². The van der Waals surface area contributed by atoms with Gasteiger partial charge in [-0.25, -0.2) is 0 Å². The van der Waals surface area contributed by atoms with Gasteiger partial charge in [0.25, 0.3) is 0 Å². The average molecular weight is 219 g/mol. The average Bonchev–Trinajstić information content (AvgIpc) is 2.38. The van der Waals surface area contributed by atoms with E-state index in [9.17, 15) is 0 Å². The molecule has 0 bridgehead atoms. The Morgan fingerprint density at radius 3 is 2.35 bits per heavy atom. The maximum absolute atomic E-state index is 5.84. The molecule has 1 nitrogen and oxygen atoms in total. The molecule has 0 heterocycles. The number of nitrogen functional groups attached to an aromatic ring is 1. The van der Waals surface area contributed by atoms with Gasteiger partial charge < -0.3 is 5.73 Å². The molecule has 0 saturated carbocycles. The maximum atomic E-state index is 5.84. The van der Waals surface area contributed by atoms with Crippen molar-refractivity contribution >= 4 is 16.5 Å². The van der Waals surface area contributed by atoms with Crippen LogP contribution in [0.1, 0.15) is 0 Å². The van der Waals surface area contributed by atoms with Crippen molar-refractivity contribution in [3.05, 3.63) is 66.7 Å². The molecule has 0 atom stereocenters. The van der Waals surface area contributed by atoms with Crippen molar-refractivity contribution in [3.63, 3.8) is 0 Å². The van der Waals surface area contributed by atoms with Crippen molar-refractivity contribution in [2.45, 2.75) is 0 Å². The van der Waals surface area contributed by atoms with Gasteiger partial charge in [-0.1, -0.05) is 54.6 Å². The van der Waals surface area contributed by atoms with Crippen LogP contribution in [0.4, 0.5) is 5.69 Å². The molecule has 2 N–H and O–H groups in total. The summed E-state index contributed by atoms with van der Waals surface area (Å²) in [5.41, 5.74) is 9.04. The summed E-state index contributed by atoms with van der Waals surface area (Å²) in [5.74, 6) is 0. The summed E-state index contributed by atoms with van der Waals surface area (Å²) in [6.07, 6.45) is 0. The highest BCUT2D eigenvalue weighted by Crippen LogP contribution is 2.29. The Balaban J connectivity index is 2.30. The molecule has 3 aromatic rings. The Morgan fingerprint density at radius 2 is 1.47 bits per heavy atom. The molecule has 0 aliphatic rings. The summed E-state index contributed by atoms with van der Waals surface area (Å²) in [5, 5.41) is 2.52. The van der Waals surface area contributed by atoms with Crippen LogP contribution in [0.25, 0.3) is 21.9 Å². The third kappa shape index (κ3) is 1.76. The summed E-state index contributed by atoms with van der Waals surface area (Å²) in [6.45, 7) is 0. The summed E-state index contributed by atoms with van der Waals surface area (Å²) in [6, 6.07) is 22.8. The standard InChI is InChI=1S/C16H13N/c17-14-8-3-7-13(11-14)16-10-4-6-12-5-1-2-9-15(12)16/h1-11H,17H2. The smallest absolute Gasteiger partial charge is 0.0320 e. The van der Waals surface area contributed by atoms with Crippen LogP contribution in [-0.2, 0) is 0 Å². The molecule has 0 aliphatic heterocycles. The van der Waals surface area contributed by atoms with Gasteiger partial charge >= 0.3 is 0 Å². The lowest BCUT2D eigenvalue weighted by Crippen LogP contribution is -1.86. The molecule has 1 heteroatoms. The van der Waals surface area contributed by atoms with E-state index in [0.717, 1.165) is 5.69 Å². The molecular formula is C16H13N. The zero-order chi connectivity index (χ0) is 11.7. The maximum Gasteiger partial charge on any atom is 0.0320 e. The lowest BCUT2D eigenvalue weighted by atomic mass is 9.98. The first-order valence-electron chi connectivity index (χ1n) is 5.68. The van der Waals surface area contributed by atoms with Crippen LogP contribution in [0, 0.1) is 0 Å². The Labute approximate surface area is 101 Å². The minimum Gasteiger partial charge on any atom is -0.399 e. The van der Waals surface area contributed by atoms with Gasteiger partial charge in [-0.05, 0) is 34.0 Å². The minimum atomic E-state index is 0.801. The zero-order valence-corrected chi connectivity index (χ0v) is 9.43. The molecule has 0 radical (unpaired) electrons. The van der Waals surface area contributed by atoms with E-state index >= 15 is 0 Å². The zero-order valence-electron chi connectivity index (χ0n) is 9.43. The number of fused-ring (bicyclic) bond motifs is 1. The molecule has 17 heavy (non-hydrogen) atoms. The molecule has 3 rings (SSSR count). The molecule has 0 saturated heterocycles. The van der Waals surface area contributed by atoms with Crippen molar-refractivity contribution < 1.29 is 0 Å². The SMILES string of the molecule is Nc1cccc(-c2cccc3ccccc23)c1. The van der Waals surface area contributed by atoms with E-state index in [4.69, 9.17) is 5.73 Å². The second kappa shape index (κ2) is 3.95. The highest BCUT2D eigenvalue weighted by atomic mass is 14.5. The number of anilines is 1. The van der Waals surface area contributed by atoms with E-state index in [0.29, 0.717) is 0 Å². The van der Waals surface area contributed by atoms with Crippen molar-refractivity contribution in [3.8, 4) is 11.1 Å². The number of hydrogen-bond acceptors (Lipinski definition) is 1. The number of hydrogen-bond donors (Lipinski definition) is 1. The Hall–Kier alpha value is -2.28. The third-order valence-corrected chi connectivity index (χ3v) is 2.99. The molecule has 0 aliphatic carbocycles. The van der Waals surface area contributed by atoms with Gasteiger partial charge in [-0.2, -0.15) is 0 Å². The van der Waals surface area contributed by atoms with Crippen LogP contribution >= 0.6 is 0 Å². The van der Waals surface area contributed by atoms with Crippen molar-refractivity contribution in [1.82, 2.24) is 0 Å². The summed E-state index contributed by atoms with van der Waals surface area (Å²) >= 11 is 0. The fraction of sp³-hybridized carbons (Fsp3) is 0. The first-order valence-corrected chi connectivity index (χ1v) is 5.68. The van der Waals surface area contributed by atoms with E-state index < -0.39 is 0 Å². The normalized spacial score (nSPS) is 10.6. The second-order valence-electron chi connectivity index (χ2n) is 4.15. The van der Waals surface area contributed by atoms with Crippen LogP contribution in [0.3, 0.4) is 0 Å². The molecular weight excluding hydrogens is 206 g/mol. The van der Waals surface area contributed by atoms with Crippen molar-refractivity contribution in [2.24, 2.45) is 0 Å². The summed E-state index contributed by atoms with van der Waals surface area (Å²) in [7, 11) is 0. The van der Waals surface area contributed by atoms with Crippen molar-refractivity contribution in [1.29, 1.82) is 0 Å². The predicted molar refractivity (Wildman–Crippen MR) is 73.8 cm³/mol. The molecule has 3 aromatic carbocycles. The van der Waals surface area contributed by atoms with Crippen LogP contribution in [0.2, 0.25) is 0 Å². The number of benzene rings is 3. The minimum absolute atomic E-state index is 0.801. The predicted octanol–water partition coefficient (Wildman–Crippen LogP) is 4.09. The lowest BCUT2D eigenvalue weighted by Gasteiger charge is -2.07. The van der Waals surface area contributed by atoms with E-state index in [1.54, 1.807) is 0 Å². The van der Waals surface area contributed by atoms with Crippen LogP contribution in [0.5, 0.6) is 0 Å². The highest BCUT2D eigenvalue weighted by molar-refractivity contribution is 5.96. The Kier molecular flexibility index (Phi) is 2.30. The first-order chi connectivity index (χ1) is 8.34. The number of nitrogens with two attached hydrogens (primary N) is 1. The second-order valence-corrected chi connectivity index (χ2v) is 4.15. The van der Waals surface area contributed by atoms with Gasteiger partial charge in [0.1, 0.15) is 0 Å². The molecule has 82 valence electrons. The van der Waals surface area contributed by atoms with Gasteiger partial charge in [0, 0.05) is 5.69 Å². The molecule has 0 spiro atoms. The molecule has 0 fully saturated rings. The quantitative estimate of drug-likeness (QED) is 0.613. The van der Waals surface area contributed by atoms with Gasteiger partial charge in [0.15, 0.2) is 0 Å². The largest absolute Gasteiger partial charge is 0.399 e. The van der Waals surface area contributed by atoms with Gasteiger partial charge in [-0.15, -0.1) is 0 Å². The molecule has 0 unspecified atom stereocenters. The fourth-order valence-corrected chi connectivity index (χ4v) is 2.18. The number of rotatable bonds is 1.